The number of carbonyl (C=O) groups excluding carboxylic acids is 2. The zero-order valence-corrected chi connectivity index (χ0v) is 23.5. The Morgan fingerprint density at radius 3 is 2.20 bits per heavy atom. The maximum Gasteiger partial charge on any atom is 0.408 e. The highest BCUT2D eigenvalue weighted by Gasteiger charge is 2.27. The van der Waals surface area contributed by atoms with Gasteiger partial charge in [-0.3, -0.25) is 14.2 Å². The van der Waals surface area contributed by atoms with E-state index in [1.807, 2.05) is 19.1 Å². The molecule has 0 fully saturated rings. The summed E-state index contributed by atoms with van der Waals surface area (Å²) in [5.74, 6) is -0.701. The first kappa shape index (κ1) is 28.8. The molecule has 35 heavy (non-hydrogen) atoms. The number of nitrogens with zero attached hydrogens (tertiary/aromatic N) is 2. The lowest BCUT2D eigenvalue weighted by atomic mass is 9.90. The standard InChI is InChI=1S/C25H33BrClN3O5/c1-15(21(16-8-10-17(27)11-9-16)29-23(33)35-25(5,6)7)12-18-20(26)22(32)30(14-28-18)13-19(31)34-24(2,3)4/h8-11,14-15,21H,12-13H2,1-7H3,(H,29,33)/t15-,21-/m0/s1. The first-order valence-corrected chi connectivity index (χ1v) is 12.4. The number of esters is 1. The molecule has 1 aromatic heterocycles. The van der Waals surface area contributed by atoms with Gasteiger partial charge in [0.25, 0.3) is 5.56 Å². The Balaban J connectivity index is 2.26. The van der Waals surface area contributed by atoms with Crippen molar-refractivity contribution < 1.29 is 19.1 Å². The predicted octanol–water partition coefficient (Wildman–Crippen LogP) is 5.45. The van der Waals surface area contributed by atoms with Crippen molar-refractivity contribution in [3.63, 3.8) is 0 Å². The highest BCUT2D eigenvalue weighted by Crippen LogP contribution is 2.28. The normalized spacial score (nSPS) is 13.6. The van der Waals surface area contributed by atoms with Crippen LogP contribution >= 0.6 is 27.5 Å². The summed E-state index contributed by atoms with van der Waals surface area (Å²) in [5.41, 5.74) is -0.356. The van der Waals surface area contributed by atoms with Crippen LogP contribution in [-0.2, 0) is 27.2 Å². The molecule has 1 heterocycles. The van der Waals surface area contributed by atoms with E-state index in [1.54, 1.807) is 53.7 Å². The molecular weight excluding hydrogens is 538 g/mol. The molecular formula is C25H33BrClN3O5. The van der Waals surface area contributed by atoms with E-state index in [2.05, 4.69) is 26.2 Å². The van der Waals surface area contributed by atoms with Gasteiger partial charge in [-0.1, -0.05) is 30.7 Å². The van der Waals surface area contributed by atoms with Crippen molar-refractivity contribution in [1.82, 2.24) is 14.9 Å². The van der Waals surface area contributed by atoms with E-state index in [0.29, 0.717) is 17.1 Å². The number of hydrogen-bond donors (Lipinski definition) is 1. The zero-order valence-electron chi connectivity index (χ0n) is 21.1. The molecule has 1 N–H and O–H groups in total. The van der Waals surface area contributed by atoms with Crippen LogP contribution in [0.5, 0.6) is 0 Å². The van der Waals surface area contributed by atoms with Gasteiger partial charge in [0, 0.05) is 5.02 Å². The maximum absolute atomic E-state index is 12.8. The lowest BCUT2D eigenvalue weighted by molar-refractivity contribution is -0.155. The number of ether oxygens (including phenoxy) is 2. The molecule has 0 aliphatic carbocycles. The highest BCUT2D eigenvalue weighted by atomic mass is 79.9. The quantitative estimate of drug-likeness (QED) is 0.445. The van der Waals surface area contributed by atoms with Crippen molar-refractivity contribution in [2.75, 3.05) is 0 Å². The van der Waals surface area contributed by atoms with Crippen LogP contribution in [0, 0.1) is 5.92 Å². The summed E-state index contributed by atoms with van der Waals surface area (Å²) in [6, 6.07) is 6.74. The van der Waals surface area contributed by atoms with Crippen molar-refractivity contribution in [3.05, 3.63) is 61.7 Å². The van der Waals surface area contributed by atoms with Gasteiger partial charge < -0.3 is 14.8 Å². The van der Waals surface area contributed by atoms with Gasteiger partial charge in [0.05, 0.1) is 18.1 Å². The fourth-order valence-corrected chi connectivity index (χ4v) is 3.97. The van der Waals surface area contributed by atoms with E-state index in [9.17, 15) is 14.4 Å². The second-order valence-corrected chi connectivity index (χ2v) is 11.6. The summed E-state index contributed by atoms with van der Waals surface area (Å²) < 4.78 is 12.2. The van der Waals surface area contributed by atoms with E-state index < -0.39 is 34.9 Å². The number of alkyl carbamates (subject to hydrolysis) is 1. The minimum Gasteiger partial charge on any atom is -0.459 e. The second-order valence-electron chi connectivity index (χ2n) is 10.4. The van der Waals surface area contributed by atoms with E-state index in [1.165, 1.54) is 10.9 Å². The van der Waals surface area contributed by atoms with Crippen LogP contribution in [0.3, 0.4) is 0 Å². The van der Waals surface area contributed by atoms with E-state index in [0.717, 1.165) is 5.56 Å². The Kier molecular flexibility index (Phi) is 9.53. The molecule has 10 heteroatoms. The van der Waals surface area contributed by atoms with E-state index in [4.69, 9.17) is 21.1 Å². The topological polar surface area (TPSA) is 99.5 Å². The fourth-order valence-electron chi connectivity index (χ4n) is 3.35. The van der Waals surface area contributed by atoms with Crippen LogP contribution in [0.15, 0.2) is 39.9 Å². The first-order chi connectivity index (χ1) is 16.1. The third-order valence-corrected chi connectivity index (χ3v) is 5.81. The van der Waals surface area contributed by atoms with Gasteiger partial charge in [-0.15, -0.1) is 0 Å². The Labute approximate surface area is 219 Å². The fraction of sp³-hybridized carbons (Fsp3) is 0.520. The van der Waals surface area contributed by atoms with Crippen LogP contribution in [0.4, 0.5) is 4.79 Å². The van der Waals surface area contributed by atoms with Gasteiger partial charge >= 0.3 is 12.1 Å². The average Bonchev–Trinajstić information content (AvgIpc) is 2.70. The van der Waals surface area contributed by atoms with Gasteiger partial charge in [0.15, 0.2) is 0 Å². The third kappa shape index (κ3) is 9.29. The summed E-state index contributed by atoms with van der Waals surface area (Å²) in [5, 5.41) is 3.51. The number of aromatic nitrogens is 2. The lowest BCUT2D eigenvalue weighted by Crippen LogP contribution is -2.38. The molecule has 0 saturated heterocycles. The van der Waals surface area contributed by atoms with Gasteiger partial charge in [-0.05, 0) is 87.5 Å². The Bertz CT molecular complexity index is 1100. The Morgan fingerprint density at radius 1 is 1.09 bits per heavy atom. The van der Waals surface area contributed by atoms with Gasteiger partial charge in [0.2, 0.25) is 0 Å². The second kappa shape index (κ2) is 11.6. The molecule has 1 aromatic carbocycles. The van der Waals surface area contributed by atoms with Crippen molar-refractivity contribution in [2.24, 2.45) is 5.92 Å². The molecule has 0 radical (unpaired) electrons. The molecule has 0 spiro atoms. The number of carbonyl (C=O) groups is 2. The summed E-state index contributed by atoms with van der Waals surface area (Å²) in [6.07, 6.45) is 1.15. The minimum atomic E-state index is -0.654. The number of amides is 1. The van der Waals surface area contributed by atoms with E-state index >= 15 is 0 Å². The number of rotatable bonds is 7. The van der Waals surface area contributed by atoms with Gasteiger partial charge in [0.1, 0.15) is 22.2 Å². The Hall–Kier alpha value is -2.39. The van der Waals surface area contributed by atoms with Crippen LogP contribution in [-0.4, -0.2) is 32.8 Å². The molecule has 0 unspecified atom stereocenters. The van der Waals surface area contributed by atoms with Crippen LogP contribution < -0.4 is 10.9 Å². The molecule has 2 rings (SSSR count). The first-order valence-electron chi connectivity index (χ1n) is 11.3. The SMILES string of the molecule is C[C@@H](Cc1ncn(CC(=O)OC(C)(C)C)c(=O)c1Br)[C@H](NC(=O)OC(C)(C)C)c1ccc(Cl)cc1. The molecule has 0 aliphatic heterocycles. The maximum atomic E-state index is 12.8. The van der Waals surface area contributed by atoms with Crippen molar-refractivity contribution >= 4 is 39.6 Å². The van der Waals surface area contributed by atoms with Crippen LogP contribution in [0.2, 0.25) is 5.02 Å². The largest absolute Gasteiger partial charge is 0.459 e. The molecule has 2 atom stereocenters. The van der Waals surface area contributed by atoms with Crippen molar-refractivity contribution in [1.29, 1.82) is 0 Å². The van der Waals surface area contributed by atoms with Crippen molar-refractivity contribution in [2.45, 2.75) is 78.7 Å². The predicted molar refractivity (Wildman–Crippen MR) is 138 cm³/mol. The zero-order chi connectivity index (χ0) is 26.6. The summed E-state index contributed by atoms with van der Waals surface area (Å²) >= 11 is 9.38. The summed E-state index contributed by atoms with van der Waals surface area (Å²) in [7, 11) is 0. The number of benzene rings is 1. The molecule has 8 nitrogen and oxygen atoms in total. The number of hydrogen-bond acceptors (Lipinski definition) is 6. The molecule has 192 valence electrons. The lowest BCUT2D eigenvalue weighted by Gasteiger charge is -2.28. The summed E-state index contributed by atoms with van der Waals surface area (Å²) in [4.78, 5) is 41.9. The molecule has 0 aliphatic rings. The van der Waals surface area contributed by atoms with Gasteiger partial charge in [-0.2, -0.15) is 0 Å². The average molecular weight is 571 g/mol. The smallest absolute Gasteiger partial charge is 0.408 e. The molecule has 0 saturated carbocycles. The number of halogens is 2. The van der Waals surface area contributed by atoms with Gasteiger partial charge in [-0.25, -0.2) is 9.78 Å². The molecule has 1 amide bonds. The van der Waals surface area contributed by atoms with Crippen molar-refractivity contribution in [3.8, 4) is 0 Å². The Morgan fingerprint density at radius 2 is 1.66 bits per heavy atom. The third-order valence-electron chi connectivity index (χ3n) is 4.76. The minimum absolute atomic E-state index is 0.173. The van der Waals surface area contributed by atoms with Crippen LogP contribution in [0.1, 0.15) is 65.8 Å². The van der Waals surface area contributed by atoms with Crippen LogP contribution in [0.25, 0.3) is 0 Å². The monoisotopic (exact) mass is 569 g/mol. The summed E-state index contributed by atoms with van der Waals surface area (Å²) in [6.45, 7) is 12.3. The molecule has 0 bridgehead atoms. The molecule has 2 aromatic rings. The van der Waals surface area contributed by atoms with E-state index in [-0.39, 0.29) is 16.9 Å². The highest BCUT2D eigenvalue weighted by molar-refractivity contribution is 9.10. The number of nitrogens with one attached hydrogen (secondary N) is 1.